The number of benzene rings is 3. The topological polar surface area (TPSA) is 185 Å². The molecule has 234 valence electrons. The van der Waals surface area contributed by atoms with Gasteiger partial charge in [0, 0.05) is 29.6 Å². The van der Waals surface area contributed by atoms with Crippen molar-refractivity contribution in [3.63, 3.8) is 0 Å². The van der Waals surface area contributed by atoms with E-state index in [9.17, 15) is 39.0 Å². The fourth-order valence-corrected chi connectivity index (χ4v) is 4.88. The van der Waals surface area contributed by atoms with Crippen LogP contribution in [-0.2, 0) is 25.6 Å². The Balaban J connectivity index is 1.46. The molecule has 0 radical (unpaired) electrons. The van der Waals surface area contributed by atoms with Gasteiger partial charge in [0.15, 0.2) is 0 Å². The number of nitrogens with zero attached hydrogens (tertiary/aromatic N) is 2. The number of amides is 5. The van der Waals surface area contributed by atoms with Gasteiger partial charge in [-0.3, -0.25) is 24.0 Å². The summed E-state index contributed by atoms with van der Waals surface area (Å²) in [6, 6.07) is 17.2. The zero-order chi connectivity index (χ0) is 32.7. The third kappa shape index (κ3) is 8.44. The number of nitrogens with one attached hydrogen (secondary N) is 3. The van der Waals surface area contributed by atoms with Crippen molar-refractivity contribution >= 4 is 58.4 Å². The maximum Gasteiger partial charge on any atom is 0.323 e. The molecule has 1 aliphatic heterocycles. The van der Waals surface area contributed by atoms with Crippen molar-refractivity contribution in [3.05, 3.63) is 83.4 Å². The average molecular weight is 616 g/mol. The Labute approximate surface area is 258 Å². The molecule has 4 rings (SSSR count). The first-order chi connectivity index (χ1) is 21.4. The number of carboxylic acids is 2. The zero-order valence-corrected chi connectivity index (χ0v) is 24.7. The molecule has 3 aromatic rings. The quantitative estimate of drug-likeness (QED) is 0.215. The molecule has 1 unspecified atom stereocenters. The zero-order valence-electron chi connectivity index (χ0n) is 24.7. The van der Waals surface area contributed by atoms with E-state index in [0.29, 0.717) is 16.9 Å². The average Bonchev–Trinajstić information content (AvgIpc) is 3.07. The Morgan fingerprint density at radius 1 is 0.867 bits per heavy atom. The number of para-hydroxylation sites is 1. The van der Waals surface area contributed by atoms with Crippen LogP contribution in [0.25, 0.3) is 0 Å². The minimum absolute atomic E-state index is 0.0221. The molecule has 0 spiro atoms. The first kappa shape index (κ1) is 32.2. The number of fused-ring (bicyclic) bond motifs is 1. The van der Waals surface area contributed by atoms with Crippen molar-refractivity contribution in [1.82, 2.24) is 4.90 Å². The smallest absolute Gasteiger partial charge is 0.323 e. The van der Waals surface area contributed by atoms with Gasteiger partial charge in [0.1, 0.15) is 6.54 Å². The first-order valence-corrected chi connectivity index (χ1v) is 14.1. The monoisotopic (exact) mass is 615 g/mol. The van der Waals surface area contributed by atoms with Crippen LogP contribution in [0.15, 0.2) is 66.7 Å². The third-order valence-corrected chi connectivity index (χ3v) is 7.19. The van der Waals surface area contributed by atoms with Gasteiger partial charge in [-0.05, 0) is 61.4 Å². The number of anilines is 4. The van der Waals surface area contributed by atoms with Gasteiger partial charge in [-0.2, -0.15) is 0 Å². The van der Waals surface area contributed by atoms with E-state index in [2.05, 4.69) is 16.0 Å². The molecule has 0 aromatic heterocycles. The lowest BCUT2D eigenvalue weighted by molar-refractivity contribution is -0.139. The maximum atomic E-state index is 13.5. The van der Waals surface area contributed by atoms with Gasteiger partial charge in [-0.25, -0.2) is 4.79 Å². The van der Waals surface area contributed by atoms with E-state index >= 15 is 0 Å². The van der Waals surface area contributed by atoms with E-state index in [1.807, 2.05) is 25.1 Å². The van der Waals surface area contributed by atoms with E-state index in [1.54, 1.807) is 30.3 Å². The molecule has 1 aliphatic rings. The summed E-state index contributed by atoms with van der Waals surface area (Å²) in [6.07, 6.45) is -0.786. The molecular formula is C32H33N5O8. The van der Waals surface area contributed by atoms with Gasteiger partial charge in [0.2, 0.25) is 11.8 Å². The molecule has 5 amide bonds. The van der Waals surface area contributed by atoms with E-state index in [1.165, 1.54) is 30.0 Å². The SMILES string of the molecule is Cc1ccccc1NC(=O)Nc1ccc(CC(=O)Nc2ccc3c(c2)C(=O)N(C(C)CC(=O)O)CC(=O)N3CCC(=O)O)cc1. The van der Waals surface area contributed by atoms with Crippen molar-refractivity contribution in [2.45, 2.75) is 39.2 Å². The highest BCUT2D eigenvalue weighted by Gasteiger charge is 2.35. The lowest BCUT2D eigenvalue weighted by atomic mass is 10.1. The number of carbonyl (C=O) groups excluding carboxylic acids is 4. The molecule has 45 heavy (non-hydrogen) atoms. The molecular weight excluding hydrogens is 582 g/mol. The Morgan fingerprint density at radius 2 is 1.56 bits per heavy atom. The second-order valence-electron chi connectivity index (χ2n) is 10.6. The van der Waals surface area contributed by atoms with Crippen LogP contribution in [-0.4, -0.2) is 69.9 Å². The Bertz CT molecular complexity index is 1640. The lowest BCUT2D eigenvalue weighted by Crippen LogP contribution is -2.44. The molecule has 0 saturated carbocycles. The van der Waals surface area contributed by atoms with Crippen LogP contribution < -0.4 is 20.9 Å². The second kappa shape index (κ2) is 14.2. The summed E-state index contributed by atoms with van der Waals surface area (Å²) in [5.74, 6) is -3.85. The van der Waals surface area contributed by atoms with Crippen molar-refractivity contribution in [1.29, 1.82) is 0 Å². The van der Waals surface area contributed by atoms with Gasteiger partial charge >= 0.3 is 18.0 Å². The van der Waals surface area contributed by atoms with Crippen LogP contribution in [0.1, 0.15) is 41.3 Å². The van der Waals surface area contributed by atoms with Gasteiger partial charge in [-0.15, -0.1) is 0 Å². The number of hydrogen-bond acceptors (Lipinski definition) is 6. The minimum atomic E-state index is -1.15. The van der Waals surface area contributed by atoms with Gasteiger partial charge in [0.25, 0.3) is 5.91 Å². The van der Waals surface area contributed by atoms with Crippen LogP contribution in [0, 0.1) is 6.92 Å². The summed E-state index contributed by atoms with van der Waals surface area (Å²) in [5.41, 5.74) is 3.24. The number of hydrogen-bond donors (Lipinski definition) is 5. The third-order valence-electron chi connectivity index (χ3n) is 7.19. The lowest BCUT2D eigenvalue weighted by Gasteiger charge is -2.26. The van der Waals surface area contributed by atoms with Crippen molar-refractivity contribution < 1.29 is 39.0 Å². The number of carbonyl (C=O) groups is 6. The summed E-state index contributed by atoms with van der Waals surface area (Å²) < 4.78 is 0. The number of rotatable bonds is 11. The van der Waals surface area contributed by atoms with Crippen LogP contribution >= 0.6 is 0 Å². The Hall–Kier alpha value is -5.72. The number of urea groups is 1. The summed E-state index contributed by atoms with van der Waals surface area (Å²) in [4.78, 5) is 76.8. The van der Waals surface area contributed by atoms with Crippen molar-refractivity contribution in [2.75, 3.05) is 33.9 Å². The van der Waals surface area contributed by atoms with E-state index in [0.717, 1.165) is 10.5 Å². The molecule has 0 aliphatic carbocycles. The predicted molar refractivity (Wildman–Crippen MR) is 166 cm³/mol. The highest BCUT2D eigenvalue weighted by Crippen LogP contribution is 2.30. The van der Waals surface area contributed by atoms with E-state index in [-0.39, 0.29) is 36.3 Å². The van der Waals surface area contributed by atoms with Gasteiger partial charge in [0.05, 0.1) is 30.5 Å². The maximum absolute atomic E-state index is 13.5. The fourth-order valence-electron chi connectivity index (χ4n) is 4.88. The molecule has 1 heterocycles. The molecule has 13 nitrogen and oxygen atoms in total. The molecule has 13 heteroatoms. The van der Waals surface area contributed by atoms with Crippen LogP contribution in [0.4, 0.5) is 27.5 Å². The van der Waals surface area contributed by atoms with Crippen LogP contribution in [0.3, 0.4) is 0 Å². The number of aliphatic carboxylic acids is 2. The largest absolute Gasteiger partial charge is 0.481 e. The molecule has 1 atom stereocenters. The molecule has 5 N–H and O–H groups in total. The molecule has 0 bridgehead atoms. The first-order valence-electron chi connectivity index (χ1n) is 14.1. The molecule has 3 aromatic carbocycles. The Morgan fingerprint density at radius 3 is 2.22 bits per heavy atom. The summed E-state index contributed by atoms with van der Waals surface area (Å²) in [6.45, 7) is 2.77. The predicted octanol–water partition coefficient (Wildman–Crippen LogP) is 3.95. The highest BCUT2D eigenvalue weighted by atomic mass is 16.4. The van der Waals surface area contributed by atoms with E-state index < -0.39 is 54.7 Å². The summed E-state index contributed by atoms with van der Waals surface area (Å²) >= 11 is 0. The number of carboxylic acid groups (broad SMARTS) is 2. The highest BCUT2D eigenvalue weighted by molar-refractivity contribution is 6.11. The molecule has 0 fully saturated rings. The van der Waals surface area contributed by atoms with Crippen molar-refractivity contribution in [3.8, 4) is 0 Å². The normalized spacial score (nSPS) is 13.4. The second-order valence-corrected chi connectivity index (χ2v) is 10.6. The van der Waals surface area contributed by atoms with Gasteiger partial charge < -0.3 is 36.0 Å². The summed E-state index contributed by atoms with van der Waals surface area (Å²) in [5, 5.41) is 26.7. The standard InChI is InChI=1S/C32H33N5O8/c1-19-5-3-4-6-25(19)35-32(45)34-22-9-7-21(8-10-22)16-27(38)33-23-11-12-26-24(17-23)31(44)37(20(2)15-30(42)43)18-28(39)36(26)14-13-29(40)41/h3-12,17,20H,13-16,18H2,1-2H3,(H,33,38)(H,40,41)(H,42,43)(H2,34,35,45). The molecule has 0 saturated heterocycles. The van der Waals surface area contributed by atoms with Gasteiger partial charge in [-0.1, -0.05) is 30.3 Å². The van der Waals surface area contributed by atoms with Crippen LogP contribution in [0.5, 0.6) is 0 Å². The number of aryl methyl sites for hydroxylation is 1. The summed E-state index contributed by atoms with van der Waals surface area (Å²) in [7, 11) is 0. The van der Waals surface area contributed by atoms with E-state index in [4.69, 9.17) is 0 Å². The van der Waals surface area contributed by atoms with Crippen molar-refractivity contribution in [2.24, 2.45) is 0 Å². The van der Waals surface area contributed by atoms with Crippen LogP contribution in [0.2, 0.25) is 0 Å². The fraction of sp³-hybridized carbons (Fsp3) is 0.250. The Kier molecular flexibility index (Phi) is 10.1. The minimum Gasteiger partial charge on any atom is -0.481 e.